The van der Waals surface area contributed by atoms with Crippen LogP contribution in [0.1, 0.15) is 29.4 Å². The first-order chi connectivity index (χ1) is 8.49. The molecule has 0 bridgehead atoms. The summed E-state index contributed by atoms with van der Waals surface area (Å²) >= 11 is 1.16. The van der Waals surface area contributed by atoms with Crippen molar-refractivity contribution in [2.45, 2.75) is 25.9 Å². The van der Waals surface area contributed by atoms with Crippen LogP contribution in [0.3, 0.4) is 0 Å². The van der Waals surface area contributed by atoms with Gasteiger partial charge >= 0.3 is 5.69 Å². The number of piperidine rings is 1. The van der Waals surface area contributed by atoms with Crippen molar-refractivity contribution in [3.05, 3.63) is 21.1 Å². The minimum Gasteiger partial charge on any atom is -0.393 e. The summed E-state index contributed by atoms with van der Waals surface area (Å²) in [4.78, 5) is 24.1. The SMILES string of the molecule is CC(=O)c1cc([N+](=O)[O-])c(N2CCC(O)CC2)s1. The Kier molecular flexibility index (Phi) is 3.63. The first kappa shape index (κ1) is 13.0. The van der Waals surface area contributed by atoms with E-state index in [1.54, 1.807) is 0 Å². The van der Waals surface area contributed by atoms with Gasteiger partial charge in [0.2, 0.25) is 0 Å². The Labute approximate surface area is 108 Å². The number of rotatable bonds is 3. The maximum absolute atomic E-state index is 11.3. The van der Waals surface area contributed by atoms with E-state index in [1.807, 2.05) is 4.90 Å². The number of aliphatic hydroxyl groups is 1. The summed E-state index contributed by atoms with van der Waals surface area (Å²) in [7, 11) is 0. The number of carbonyl (C=O) groups is 1. The lowest BCUT2D eigenvalue weighted by atomic mass is 10.1. The van der Waals surface area contributed by atoms with Gasteiger partial charge in [0.1, 0.15) is 0 Å². The maximum Gasteiger partial charge on any atom is 0.304 e. The molecule has 2 heterocycles. The lowest BCUT2D eigenvalue weighted by molar-refractivity contribution is -0.383. The third-order valence-corrected chi connectivity index (χ3v) is 4.27. The van der Waals surface area contributed by atoms with E-state index in [9.17, 15) is 20.0 Å². The van der Waals surface area contributed by atoms with Gasteiger partial charge in [-0.15, -0.1) is 11.3 Å². The average molecular weight is 270 g/mol. The van der Waals surface area contributed by atoms with Gasteiger partial charge in [0, 0.05) is 19.2 Å². The summed E-state index contributed by atoms with van der Waals surface area (Å²) in [5.74, 6) is -0.161. The van der Waals surface area contributed by atoms with E-state index in [0.717, 1.165) is 11.3 Å². The van der Waals surface area contributed by atoms with Crippen LogP contribution in [-0.4, -0.2) is 35.0 Å². The first-order valence-electron chi connectivity index (χ1n) is 5.71. The van der Waals surface area contributed by atoms with Crippen molar-refractivity contribution in [3.63, 3.8) is 0 Å². The molecule has 0 spiro atoms. The molecule has 1 aliphatic rings. The molecule has 98 valence electrons. The summed E-state index contributed by atoms with van der Waals surface area (Å²) < 4.78 is 0. The molecule has 6 nitrogen and oxygen atoms in total. The van der Waals surface area contributed by atoms with Crippen LogP contribution in [0.4, 0.5) is 10.7 Å². The third kappa shape index (κ3) is 2.51. The summed E-state index contributed by atoms with van der Waals surface area (Å²) in [6.07, 6.45) is 0.877. The lowest BCUT2D eigenvalue weighted by Gasteiger charge is -2.29. The number of hydrogen-bond acceptors (Lipinski definition) is 6. The molecule has 1 aromatic rings. The van der Waals surface area contributed by atoms with Crippen molar-refractivity contribution in [2.24, 2.45) is 0 Å². The predicted molar refractivity (Wildman–Crippen MR) is 68.4 cm³/mol. The quantitative estimate of drug-likeness (QED) is 0.514. The van der Waals surface area contributed by atoms with Crippen LogP contribution in [-0.2, 0) is 0 Å². The van der Waals surface area contributed by atoms with Gasteiger partial charge in [-0.2, -0.15) is 0 Å². The molecule has 1 saturated heterocycles. The Morgan fingerprint density at radius 2 is 2.17 bits per heavy atom. The minimum atomic E-state index is -0.455. The number of anilines is 1. The van der Waals surface area contributed by atoms with Crippen LogP contribution in [0.5, 0.6) is 0 Å². The maximum atomic E-state index is 11.3. The van der Waals surface area contributed by atoms with Crippen molar-refractivity contribution < 1.29 is 14.8 Å². The third-order valence-electron chi connectivity index (χ3n) is 2.99. The van der Waals surface area contributed by atoms with E-state index in [-0.39, 0.29) is 17.6 Å². The Bertz CT molecular complexity index is 477. The predicted octanol–water partition coefficient (Wildman–Crippen LogP) is 1.82. The molecule has 0 aromatic carbocycles. The number of thiophene rings is 1. The fourth-order valence-electron chi connectivity index (χ4n) is 1.97. The molecule has 1 fully saturated rings. The molecule has 0 atom stereocenters. The molecular weight excluding hydrogens is 256 g/mol. The van der Waals surface area contributed by atoms with Gasteiger partial charge in [-0.3, -0.25) is 14.9 Å². The van der Waals surface area contributed by atoms with E-state index < -0.39 is 4.92 Å². The molecule has 0 saturated carbocycles. The van der Waals surface area contributed by atoms with Gasteiger partial charge in [-0.1, -0.05) is 0 Å². The monoisotopic (exact) mass is 270 g/mol. The Morgan fingerprint density at radius 3 is 2.67 bits per heavy atom. The van der Waals surface area contributed by atoms with Gasteiger partial charge in [-0.05, 0) is 19.8 Å². The molecule has 0 aliphatic carbocycles. The molecule has 0 amide bonds. The standard InChI is InChI=1S/C11H14N2O4S/c1-7(14)10-6-9(13(16)17)11(18-10)12-4-2-8(15)3-5-12/h6,8,15H,2-5H2,1H3. The largest absolute Gasteiger partial charge is 0.393 e. The topological polar surface area (TPSA) is 83.7 Å². The number of aliphatic hydroxyl groups excluding tert-OH is 1. The second-order valence-corrected chi connectivity index (χ2v) is 5.36. The Hall–Kier alpha value is -1.47. The van der Waals surface area contributed by atoms with Crippen molar-refractivity contribution in [2.75, 3.05) is 18.0 Å². The second kappa shape index (κ2) is 5.03. The van der Waals surface area contributed by atoms with Crippen molar-refractivity contribution in [1.82, 2.24) is 0 Å². The number of carbonyl (C=O) groups excluding carboxylic acids is 1. The van der Waals surface area contributed by atoms with Gasteiger partial charge in [-0.25, -0.2) is 0 Å². The van der Waals surface area contributed by atoms with E-state index in [2.05, 4.69) is 0 Å². The van der Waals surface area contributed by atoms with Crippen molar-refractivity contribution in [3.8, 4) is 0 Å². The molecule has 18 heavy (non-hydrogen) atoms. The molecular formula is C11H14N2O4S. The summed E-state index contributed by atoms with van der Waals surface area (Å²) in [6.45, 7) is 2.57. The zero-order valence-corrected chi connectivity index (χ0v) is 10.8. The van der Waals surface area contributed by atoms with Crippen LogP contribution < -0.4 is 4.90 Å². The number of nitrogens with zero attached hydrogens (tertiary/aromatic N) is 2. The normalized spacial score (nSPS) is 16.9. The molecule has 1 aliphatic heterocycles. The molecule has 0 radical (unpaired) electrons. The van der Waals surface area contributed by atoms with E-state index in [4.69, 9.17) is 0 Å². The van der Waals surface area contributed by atoms with E-state index >= 15 is 0 Å². The van der Waals surface area contributed by atoms with Crippen LogP contribution in [0, 0.1) is 10.1 Å². The second-order valence-electron chi connectivity index (χ2n) is 4.33. The zero-order valence-electron chi connectivity index (χ0n) is 9.96. The van der Waals surface area contributed by atoms with Crippen LogP contribution >= 0.6 is 11.3 Å². The number of ketones is 1. The van der Waals surface area contributed by atoms with Gasteiger partial charge in [0.15, 0.2) is 10.8 Å². The Morgan fingerprint density at radius 1 is 1.56 bits per heavy atom. The molecule has 1 aromatic heterocycles. The summed E-state index contributed by atoms with van der Waals surface area (Å²) in [5, 5.41) is 20.9. The minimum absolute atomic E-state index is 0.0124. The smallest absolute Gasteiger partial charge is 0.304 e. The van der Waals surface area contributed by atoms with E-state index in [1.165, 1.54) is 13.0 Å². The van der Waals surface area contributed by atoms with Crippen molar-refractivity contribution >= 4 is 27.8 Å². The molecule has 2 rings (SSSR count). The molecule has 1 N–H and O–H groups in total. The summed E-state index contributed by atoms with van der Waals surface area (Å²) in [5.41, 5.74) is -0.0124. The highest BCUT2D eigenvalue weighted by atomic mass is 32.1. The van der Waals surface area contributed by atoms with Gasteiger partial charge < -0.3 is 10.0 Å². The van der Waals surface area contributed by atoms with Gasteiger partial charge in [0.25, 0.3) is 0 Å². The fourth-order valence-corrected chi connectivity index (χ4v) is 3.04. The molecule has 0 unspecified atom stereocenters. The highest BCUT2D eigenvalue weighted by molar-refractivity contribution is 7.18. The zero-order chi connectivity index (χ0) is 13.3. The first-order valence-corrected chi connectivity index (χ1v) is 6.53. The van der Waals surface area contributed by atoms with Crippen LogP contribution in [0.15, 0.2) is 6.07 Å². The lowest BCUT2D eigenvalue weighted by Crippen LogP contribution is -2.35. The van der Waals surface area contributed by atoms with Crippen LogP contribution in [0.2, 0.25) is 0 Å². The number of Topliss-reactive ketones (excluding diaryl/α,β-unsaturated/α-hetero) is 1. The highest BCUT2D eigenvalue weighted by Gasteiger charge is 2.27. The van der Waals surface area contributed by atoms with Crippen LogP contribution in [0.25, 0.3) is 0 Å². The average Bonchev–Trinajstić information content (AvgIpc) is 2.75. The molecule has 7 heteroatoms. The van der Waals surface area contributed by atoms with E-state index in [0.29, 0.717) is 35.8 Å². The Balaban J connectivity index is 2.30. The fraction of sp³-hybridized carbons (Fsp3) is 0.545. The number of nitro groups is 1. The summed E-state index contributed by atoms with van der Waals surface area (Å²) in [6, 6.07) is 1.34. The highest BCUT2D eigenvalue weighted by Crippen LogP contribution is 2.39. The van der Waals surface area contributed by atoms with Crippen molar-refractivity contribution in [1.29, 1.82) is 0 Å². The number of hydrogen-bond donors (Lipinski definition) is 1. The van der Waals surface area contributed by atoms with Gasteiger partial charge in [0.05, 0.1) is 15.9 Å².